The van der Waals surface area contributed by atoms with Crippen LogP contribution in [-0.2, 0) is 24.6 Å². The molecular formula is C21H24N4O2S. The second kappa shape index (κ2) is 7.22. The van der Waals surface area contributed by atoms with Crippen LogP contribution in [0.3, 0.4) is 0 Å². The average Bonchev–Trinajstić information content (AvgIpc) is 3.11. The highest BCUT2D eigenvalue weighted by Gasteiger charge is 2.21. The molecule has 0 saturated carbocycles. The molecular weight excluding hydrogens is 372 g/mol. The fourth-order valence-electron chi connectivity index (χ4n) is 4.10. The average molecular weight is 397 g/mol. The van der Waals surface area contributed by atoms with Crippen LogP contribution in [-0.4, -0.2) is 35.9 Å². The van der Waals surface area contributed by atoms with E-state index in [9.17, 15) is 4.79 Å². The van der Waals surface area contributed by atoms with Crippen molar-refractivity contribution in [2.45, 2.75) is 25.7 Å². The van der Waals surface area contributed by atoms with E-state index in [0.29, 0.717) is 5.95 Å². The Labute approximate surface area is 167 Å². The Kier molecular flexibility index (Phi) is 4.56. The van der Waals surface area contributed by atoms with E-state index < -0.39 is 0 Å². The van der Waals surface area contributed by atoms with Crippen LogP contribution in [0.15, 0.2) is 29.1 Å². The van der Waals surface area contributed by atoms with Crippen molar-refractivity contribution in [2.75, 3.05) is 36.5 Å². The summed E-state index contributed by atoms with van der Waals surface area (Å²) in [5, 5.41) is 4.16. The number of hydrogen-bond donors (Lipinski definition) is 1. The van der Waals surface area contributed by atoms with Gasteiger partial charge < -0.3 is 15.0 Å². The van der Waals surface area contributed by atoms with Gasteiger partial charge >= 0.3 is 0 Å². The standard InChI is InChI=1S/C21H24N4O2S/c1-24-20(26)18-16-4-2-3-5-17(16)28-19(18)23-21(24)22-14-6-8-15(9-7-14)25-10-12-27-13-11-25/h6-9H,2-5,10-13H2,1H3,(H,22,23). The van der Waals surface area contributed by atoms with Gasteiger partial charge in [-0.25, -0.2) is 4.98 Å². The van der Waals surface area contributed by atoms with Crippen molar-refractivity contribution < 1.29 is 4.74 Å². The number of fused-ring (bicyclic) bond motifs is 3. The number of thiophene rings is 1. The fraction of sp³-hybridized carbons (Fsp3) is 0.429. The lowest BCUT2D eigenvalue weighted by molar-refractivity contribution is 0.122. The molecule has 0 radical (unpaired) electrons. The third kappa shape index (κ3) is 3.08. The lowest BCUT2D eigenvalue weighted by Gasteiger charge is -2.28. The third-order valence-corrected chi connectivity index (χ3v) is 6.88. The Morgan fingerprint density at radius 2 is 1.86 bits per heavy atom. The van der Waals surface area contributed by atoms with E-state index in [0.717, 1.165) is 61.5 Å². The van der Waals surface area contributed by atoms with Crippen molar-refractivity contribution >= 4 is 38.9 Å². The molecule has 1 fully saturated rings. The van der Waals surface area contributed by atoms with Gasteiger partial charge in [-0.15, -0.1) is 11.3 Å². The summed E-state index contributed by atoms with van der Waals surface area (Å²) in [6.07, 6.45) is 4.45. The van der Waals surface area contributed by atoms with Crippen LogP contribution < -0.4 is 15.8 Å². The van der Waals surface area contributed by atoms with Crippen molar-refractivity contribution in [2.24, 2.45) is 7.05 Å². The van der Waals surface area contributed by atoms with E-state index >= 15 is 0 Å². The molecule has 1 aliphatic carbocycles. The quantitative estimate of drug-likeness (QED) is 0.735. The van der Waals surface area contributed by atoms with Crippen molar-refractivity contribution in [3.63, 3.8) is 0 Å². The normalized spacial score (nSPS) is 17.0. The Hall–Kier alpha value is -2.38. The first-order chi connectivity index (χ1) is 13.7. The first-order valence-electron chi connectivity index (χ1n) is 9.92. The Morgan fingerprint density at radius 3 is 2.64 bits per heavy atom. The molecule has 2 aliphatic rings. The summed E-state index contributed by atoms with van der Waals surface area (Å²) in [4.78, 5) is 22.3. The number of nitrogens with one attached hydrogen (secondary N) is 1. The van der Waals surface area contributed by atoms with Gasteiger partial charge in [0.25, 0.3) is 5.56 Å². The largest absolute Gasteiger partial charge is 0.378 e. The first kappa shape index (κ1) is 17.7. The number of aryl methyl sites for hydroxylation is 2. The molecule has 5 rings (SSSR count). The van der Waals surface area contributed by atoms with Crippen LogP contribution in [0.5, 0.6) is 0 Å². The van der Waals surface area contributed by atoms with Gasteiger partial charge in [0.1, 0.15) is 4.83 Å². The lowest BCUT2D eigenvalue weighted by atomic mass is 9.97. The van der Waals surface area contributed by atoms with E-state index in [1.165, 1.54) is 22.5 Å². The molecule has 3 aromatic rings. The van der Waals surface area contributed by atoms with Gasteiger partial charge in [0, 0.05) is 36.4 Å². The maximum absolute atomic E-state index is 13.0. The predicted molar refractivity (Wildman–Crippen MR) is 114 cm³/mol. The zero-order chi connectivity index (χ0) is 19.1. The number of nitrogens with zero attached hydrogens (tertiary/aromatic N) is 3. The van der Waals surface area contributed by atoms with E-state index in [2.05, 4.69) is 22.3 Å². The Balaban J connectivity index is 1.45. The molecule has 3 heterocycles. The van der Waals surface area contributed by atoms with Gasteiger partial charge in [0.2, 0.25) is 5.95 Å². The van der Waals surface area contributed by atoms with Crippen molar-refractivity contribution in [3.05, 3.63) is 45.1 Å². The second-order valence-electron chi connectivity index (χ2n) is 7.46. The number of ether oxygens (including phenoxy) is 1. The number of rotatable bonds is 3. The maximum atomic E-state index is 13.0. The highest BCUT2D eigenvalue weighted by Crippen LogP contribution is 2.34. The van der Waals surface area contributed by atoms with Crippen LogP contribution in [0.2, 0.25) is 0 Å². The number of morpholine rings is 1. The van der Waals surface area contributed by atoms with Gasteiger partial charge in [-0.3, -0.25) is 9.36 Å². The Bertz CT molecular complexity index is 1060. The third-order valence-electron chi connectivity index (χ3n) is 5.70. The molecule has 0 atom stereocenters. The number of anilines is 3. The summed E-state index contributed by atoms with van der Waals surface area (Å²) in [6, 6.07) is 8.30. The summed E-state index contributed by atoms with van der Waals surface area (Å²) in [7, 11) is 1.80. The predicted octanol–water partition coefficient (Wildman–Crippen LogP) is 3.45. The van der Waals surface area contributed by atoms with E-state index in [1.807, 2.05) is 12.1 Å². The van der Waals surface area contributed by atoms with Crippen LogP contribution in [0.1, 0.15) is 23.3 Å². The first-order valence-corrected chi connectivity index (χ1v) is 10.7. The zero-order valence-electron chi connectivity index (χ0n) is 16.0. The molecule has 7 heteroatoms. The van der Waals surface area contributed by atoms with Crippen LogP contribution >= 0.6 is 11.3 Å². The van der Waals surface area contributed by atoms with Crippen molar-refractivity contribution in [1.82, 2.24) is 9.55 Å². The van der Waals surface area contributed by atoms with Crippen molar-refractivity contribution in [3.8, 4) is 0 Å². The molecule has 0 spiro atoms. The van der Waals surface area contributed by atoms with Gasteiger partial charge in [-0.05, 0) is 55.5 Å². The minimum Gasteiger partial charge on any atom is -0.378 e. The fourth-order valence-corrected chi connectivity index (χ4v) is 5.36. The molecule has 0 bridgehead atoms. The summed E-state index contributed by atoms with van der Waals surface area (Å²) in [5.41, 5.74) is 3.41. The van der Waals surface area contributed by atoms with Gasteiger partial charge in [0.15, 0.2) is 0 Å². The van der Waals surface area contributed by atoms with E-state index in [-0.39, 0.29) is 5.56 Å². The van der Waals surface area contributed by atoms with Crippen LogP contribution in [0, 0.1) is 0 Å². The van der Waals surface area contributed by atoms with E-state index in [4.69, 9.17) is 9.72 Å². The van der Waals surface area contributed by atoms with E-state index in [1.54, 1.807) is 23.0 Å². The number of hydrogen-bond acceptors (Lipinski definition) is 6. The van der Waals surface area contributed by atoms with Crippen LogP contribution in [0.4, 0.5) is 17.3 Å². The van der Waals surface area contributed by atoms with Crippen LogP contribution in [0.25, 0.3) is 10.2 Å². The highest BCUT2D eigenvalue weighted by molar-refractivity contribution is 7.18. The monoisotopic (exact) mass is 396 g/mol. The molecule has 146 valence electrons. The molecule has 0 amide bonds. The van der Waals surface area contributed by atoms with Gasteiger partial charge in [0.05, 0.1) is 18.6 Å². The summed E-state index contributed by atoms with van der Waals surface area (Å²) in [5.74, 6) is 0.593. The second-order valence-corrected chi connectivity index (χ2v) is 8.55. The molecule has 1 saturated heterocycles. The molecule has 1 aliphatic heterocycles. The summed E-state index contributed by atoms with van der Waals surface area (Å²) >= 11 is 1.69. The highest BCUT2D eigenvalue weighted by atomic mass is 32.1. The molecule has 0 unspecified atom stereocenters. The topological polar surface area (TPSA) is 59.4 Å². The Morgan fingerprint density at radius 1 is 1.11 bits per heavy atom. The molecule has 1 aromatic carbocycles. The number of benzene rings is 1. The minimum absolute atomic E-state index is 0.0526. The van der Waals surface area contributed by atoms with Crippen molar-refractivity contribution in [1.29, 1.82) is 0 Å². The summed E-state index contributed by atoms with van der Waals surface area (Å²) in [6.45, 7) is 3.39. The lowest BCUT2D eigenvalue weighted by Crippen LogP contribution is -2.36. The molecule has 2 aromatic heterocycles. The molecule has 28 heavy (non-hydrogen) atoms. The minimum atomic E-state index is 0.0526. The smallest absolute Gasteiger partial charge is 0.263 e. The number of aromatic nitrogens is 2. The zero-order valence-corrected chi connectivity index (χ0v) is 16.8. The maximum Gasteiger partial charge on any atom is 0.263 e. The summed E-state index contributed by atoms with van der Waals surface area (Å²) < 4.78 is 7.06. The SMILES string of the molecule is Cn1c(Nc2ccc(N3CCOCC3)cc2)nc2sc3c(c2c1=O)CCCC3. The van der Waals surface area contributed by atoms with Gasteiger partial charge in [-0.2, -0.15) is 0 Å². The molecule has 1 N–H and O–H groups in total. The van der Waals surface area contributed by atoms with Gasteiger partial charge in [-0.1, -0.05) is 0 Å². The molecule has 6 nitrogen and oxygen atoms in total.